The van der Waals surface area contributed by atoms with E-state index in [-0.39, 0.29) is 6.04 Å². The van der Waals surface area contributed by atoms with Gasteiger partial charge in [0, 0.05) is 42.9 Å². The second-order valence-electron chi connectivity index (χ2n) is 7.79. The number of allylic oxidation sites excluding steroid dienone is 2. The van der Waals surface area contributed by atoms with Crippen LogP contribution in [0.4, 0.5) is 0 Å². The van der Waals surface area contributed by atoms with Gasteiger partial charge in [-0.3, -0.25) is 19.9 Å². The van der Waals surface area contributed by atoms with Gasteiger partial charge in [0.05, 0.1) is 17.8 Å². The Bertz CT molecular complexity index is 946. The summed E-state index contributed by atoms with van der Waals surface area (Å²) in [5, 5.41) is 0. The van der Waals surface area contributed by atoms with Crippen LogP contribution in [-0.4, -0.2) is 51.8 Å². The fourth-order valence-corrected chi connectivity index (χ4v) is 4.62. The molecule has 5 nitrogen and oxygen atoms in total. The summed E-state index contributed by atoms with van der Waals surface area (Å²) in [6.45, 7) is 1.86. The first-order valence-electron chi connectivity index (χ1n) is 10.1. The molecular weight excluding hydrogens is 346 g/mol. The highest BCUT2D eigenvalue weighted by Crippen LogP contribution is 2.33. The standard InChI is InChI=1S/C23H25N5/c1-27(21-8-2-5-18-6-4-12-25-23(18)21)15-19-16-28-20(7-3-9-22(28)26-19)17-10-13-24-14-11-17/h3-4,6-7,9-14,19,21H,2,5,8,15-16H2,1H3. The Morgan fingerprint density at radius 3 is 2.96 bits per heavy atom. The molecule has 0 spiro atoms. The summed E-state index contributed by atoms with van der Waals surface area (Å²) in [5.41, 5.74) is 5.06. The first-order chi connectivity index (χ1) is 13.8. The monoisotopic (exact) mass is 371 g/mol. The van der Waals surface area contributed by atoms with Crippen molar-refractivity contribution < 1.29 is 0 Å². The molecule has 2 unspecified atom stereocenters. The highest BCUT2D eigenvalue weighted by atomic mass is 15.3. The molecule has 1 aliphatic carbocycles. The smallest absolute Gasteiger partial charge is 0.128 e. The highest BCUT2D eigenvalue weighted by Gasteiger charge is 2.32. The molecule has 142 valence electrons. The topological polar surface area (TPSA) is 44.6 Å². The van der Waals surface area contributed by atoms with Crippen LogP contribution in [0, 0.1) is 0 Å². The van der Waals surface area contributed by atoms with Crippen LogP contribution in [0.1, 0.15) is 35.7 Å². The third kappa shape index (κ3) is 3.16. The van der Waals surface area contributed by atoms with E-state index in [1.165, 1.54) is 35.4 Å². The van der Waals surface area contributed by atoms with E-state index < -0.39 is 0 Å². The average Bonchev–Trinajstić information content (AvgIpc) is 3.16. The molecule has 0 N–H and O–H groups in total. The van der Waals surface area contributed by atoms with Crippen molar-refractivity contribution in [3.05, 3.63) is 77.9 Å². The number of amidine groups is 1. The zero-order chi connectivity index (χ0) is 18.9. The first-order valence-corrected chi connectivity index (χ1v) is 10.1. The maximum absolute atomic E-state index is 5.01. The lowest BCUT2D eigenvalue weighted by Gasteiger charge is -2.33. The molecule has 0 bridgehead atoms. The van der Waals surface area contributed by atoms with Crippen molar-refractivity contribution in [3.8, 4) is 0 Å². The number of aliphatic imine (C=N–C) groups is 1. The predicted octanol–water partition coefficient (Wildman–Crippen LogP) is 3.48. The van der Waals surface area contributed by atoms with E-state index >= 15 is 0 Å². The maximum Gasteiger partial charge on any atom is 0.128 e. The molecule has 0 fully saturated rings. The molecule has 2 aromatic rings. The van der Waals surface area contributed by atoms with Gasteiger partial charge in [0.25, 0.3) is 0 Å². The van der Waals surface area contributed by atoms with Crippen molar-refractivity contribution in [3.63, 3.8) is 0 Å². The van der Waals surface area contributed by atoms with Crippen molar-refractivity contribution in [2.75, 3.05) is 20.1 Å². The molecule has 0 radical (unpaired) electrons. The van der Waals surface area contributed by atoms with Gasteiger partial charge in [-0.2, -0.15) is 0 Å². The number of pyridine rings is 2. The van der Waals surface area contributed by atoms with Gasteiger partial charge in [-0.15, -0.1) is 0 Å². The van der Waals surface area contributed by atoms with E-state index in [4.69, 9.17) is 9.98 Å². The molecular formula is C23H25N5. The Labute approximate surface area is 166 Å². The molecule has 0 aromatic carbocycles. The third-order valence-corrected chi connectivity index (χ3v) is 5.95. The highest BCUT2D eigenvalue weighted by molar-refractivity contribution is 6.02. The minimum absolute atomic E-state index is 0.266. The van der Waals surface area contributed by atoms with Gasteiger partial charge in [-0.1, -0.05) is 12.1 Å². The predicted molar refractivity (Wildman–Crippen MR) is 112 cm³/mol. The van der Waals surface area contributed by atoms with Gasteiger partial charge < -0.3 is 4.90 Å². The van der Waals surface area contributed by atoms with Crippen LogP contribution in [0.3, 0.4) is 0 Å². The number of nitrogens with zero attached hydrogens (tertiary/aromatic N) is 5. The maximum atomic E-state index is 5.01. The Morgan fingerprint density at radius 1 is 1.18 bits per heavy atom. The summed E-state index contributed by atoms with van der Waals surface area (Å²) in [7, 11) is 2.22. The van der Waals surface area contributed by atoms with E-state index in [0.717, 1.165) is 25.3 Å². The molecule has 5 rings (SSSR count). The van der Waals surface area contributed by atoms with Gasteiger partial charge in [-0.25, -0.2) is 0 Å². The Hall–Kier alpha value is -2.79. The molecule has 0 amide bonds. The van der Waals surface area contributed by atoms with Crippen molar-refractivity contribution in [1.29, 1.82) is 0 Å². The Kier molecular flexibility index (Phi) is 4.53. The second-order valence-corrected chi connectivity index (χ2v) is 7.79. The van der Waals surface area contributed by atoms with E-state index in [9.17, 15) is 0 Å². The van der Waals surface area contributed by atoms with Crippen molar-refractivity contribution >= 4 is 11.5 Å². The number of fused-ring (bicyclic) bond motifs is 2. The number of hydrogen-bond acceptors (Lipinski definition) is 5. The number of likely N-dealkylation sites (N-methyl/N-ethyl adjacent to an activating group) is 1. The molecule has 0 saturated carbocycles. The van der Waals surface area contributed by atoms with E-state index in [2.05, 4.69) is 64.3 Å². The second kappa shape index (κ2) is 7.32. The Morgan fingerprint density at radius 2 is 2.07 bits per heavy atom. The van der Waals surface area contributed by atoms with Gasteiger partial charge in [-0.05, 0) is 62.2 Å². The average molecular weight is 371 g/mol. The molecule has 4 heterocycles. The normalized spacial score (nSPS) is 23.3. The summed E-state index contributed by atoms with van der Waals surface area (Å²) < 4.78 is 0. The van der Waals surface area contributed by atoms with Gasteiger partial charge in [0.15, 0.2) is 0 Å². The lowest BCUT2D eigenvalue weighted by molar-refractivity contribution is 0.204. The molecule has 2 aromatic heterocycles. The number of rotatable bonds is 4. The lowest BCUT2D eigenvalue weighted by atomic mass is 9.91. The Balaban J connectivity index is 1.32. The van der Waals surface area contributed by atoms with Crippen LogP contribution in [-0.2, 0) is 6.42 Å². The van der Waals surface area contributed by atoms with Crippen molar-refractivity contribution in [1.82, 2.24) is 19.8 Å². The number of hydrogen-bond donors (Lipinski definition) is 0. The fraction of sp³-hybridized carbons (Fsp3) is 0.348. The van der Waals surface area contributed by atoms with E-state index in [0.29, 0.717) is 6.04 Å². The number of aryl methyl sites for hydroxylation is 1. The van der Waals surface area contributed by atoms with Crippen LogP contribution in [0.15, 0.2) is 66.1 Å². The van der Waals surface area contributed by atoms with Crippen LogP contribution in [0.2, 0.25) is 0 Å². The molecule has 28 heavy (non-hydrogen) atoms. The molecule has 5 heteroatoms. The number of aromatic nitrogens is 2. The summed E-state index contributed by atoms with van der Waals surface area (Å²) in [5.74, 6) is 1.06. The summed E-state index contributed by atoms with van der Waals surface area (Å²) in [4.78, 5) is 18.7. The lowest BCUT2D eigenvalue weighted by Crippen LogP contribution is -2.36. The van der Waals surface area contributed by atoms with E-state index in [1.54, 1.807) is 0 Å². The summed E-state index contributed by atoms with van der Waals surface area (Å²) in [6, 6.07) is 9.08. The molecule has 3 aliphatic rings. The largest absolute Gasteiger partial charge is 0.324 e. The minimum Gasteiger partial charge on any atom is -0.324 e. The molecule has 2 aliphatic heterocycles. The van der Waals surface area contributed by atoms with Crippen LogP contribution in [0.5, 0.6) is 0 Å². The summed E-state index contributed by atoms with van der Waals surface area (Å²) >= 11 is 0. The van der Waals surface area contributed by atoms with Crippen LogP contribution < -0.4 is 0 Å². The van der Waals surface area contributed by atoms with Crippen molar-refractivity contribution in [2.45, 2.75) is 31.3 Å². The first kappa shape index (κ1) is 17.3. The van der Waals surface area contributed by atoms with Gasteiger partial charge >= 0.3 is 0 Å². The zero-order valence-corrected chi connectivity index (χ0v) is 16.2. The zero-order valence-electron chi connectivity index (χ0n) is 16.2. The SMILES string of the molecule is CN(CC1CN2C(c3ccncc3)=CC=CC2=N1)C1CCCc2cccnc21. The van der Waals surface area contributed by atoms with Crippen molar-refractivity contribution in [2.24, 2.45) is 4.99 Å². The molecule has 0 saturated heterocycles. The van der Waals surface area contributed by atoms with Crippen LogP contribution >= 0.6 is 0 Å². The van der Waals surface area contributed by atoms with Gasteiger partial charge in [0.2, 0.25) is 0 Å². The van der Waals surface area contributed by atoms with E-state index in [1.807, 2.05) is 18.6 Å². The minimum atomic E-state index is 0.266. The third-order valence-electron chi connectivity index (χ3n) is 5.95. The summed E-state index contributed by atoms with van der Waals surface area (Å²) in [6.07, 6.45) is 15.6. The quantitative estimate of drug-likeness (QED) is 0.825. The molecule has 2 atom stereocenters. The fourth-order valence-electron chi connectivity index (χ4n) is 4.62. The van der Waals surface area contributed by atoms with Gasteiger partial charge in [0.1, 0.15) is 5.84 Å². The van der Waals surface area contributed by atoms with Crippen LogP contribution in [0.25, 0.3) is 5.70 Å².